The molecule has 0 saturated heterocycles. The second-order valence-corrected chi connectivity index (χ2v) is 7.46. The van der Waals surface area contributed by atoms with Crippen LogP contribution in [0.4, 0.5) is 24.9 Å². The van der Waals surface area contributed by atoms with E-state index in [-0.39, 0.29) is 18.0 Å². The van der Waals surface area contributed by atoms with Crippen LogP contribution in [-0.4, -0.2) is 29.6 Å². The number of hydrogen-bond donors (Lipinski definition) is 1. The Morgan fingerprint density at radius 2 is 1.89 bits per heavy atom. The summed E-state index contributed by atoms with van der Waals surface area (Å²) in [6.45, 7) is 4.44. The van der Waals surface area contributed by atoms with Crippen molar-refractivity contribution in [3.05, 3.63) is 46.8 Å². The van der Waals surface area contributed by atoms with Gasteiger partial charge in [-0.1, -0.05) is 18.2 Å². The average molecular weight is 394 g/mol. The lowest BCUT2D eigenvalue weighted by molar-refractivity contribution is -0.138. The molecular weight excluding hydrogens is 373 g/mol. The fourth-order valence-electron chi connectivity index (χ4n) is 2.69. The van der Waals surface area contributed by atoms with Crippen molar-refractivity contribution in [3.8, 4) is 0 Å². The largest absolute Gasteiger partial charge is 0.416 e. The van der Waals surface area contributed by atoms with Crippen LogP contribution in [-0.2, 0) is 12.6 Å². The van der Waals surface area contributed by atoms with Gasteiger partial charge in [0.1, 0.15) is 5.82 Å². The Hall–Kier alpha value is -2.35. The Labute approximate surface area is 160 Å². The molecule has 0 amide bonds. The van der Waals surface area contributed by atoms with E-state index in [9.17, 15) is 13.2 Å². The van der Waals surface area contributed by atoms with E-state index in [0.29, 0.717) is 18.3 Å². The third kappa shape index (κ3) is 4.32. The number of nitrogens with one attached hydrogen (secondary N) is 1. The molecule has 1 aromatic carbocycles. The Morgan fingerprint density at radius 1 is 1.15 bits per heavy atom. The van der Waals surface area contributed by atoms with E-state index in [4.69, 9.17) is 0 Å². The molecule has 3 aromatic rings. The number of fused-ring (bicyclic) bond motifs is 1. The Bertz CT molecular complexity index is 921. The van der Waals surface area contributed by atoms with E-state index in [1.54, 1.807) is 6.07 Å². The summed E-state index contributed by atoms with van der Waals surface area (Å²) >= 11 is 1.51. The Morgan fingerprint density at radius 3 is 2.59 bits per heavy atom. The number of hydrogen-bond acceptors (Lipinski definition) is 5. The standard InChI is InChI=1S/C19H21F3N4S/c1-12(2)26(3)18-24-15-9-11-27-16(15)17(25-18)23-10-8-13-6-4-5-7-14(13)19(20,21)22/h4-7,9,11-12H,8,10H2,1-3H3,(H,23,24,25). The second kappa shape index (κ2) is 7.72. The fourth-order valence-corrected chi connectivity index (χ4v) is 3.49. The first-order chi connectivity index (χ1) is 12.8. The van der Waals surface area contributed by atoms with Gasteiger partial charge in [-0.25, -0.2) is 4.98 Å². The average Bonchev–Trinajstić information content (AvgIpc) is 3.09. The van der Waals surface area contributed by atoms with Crippen molar-refractivity contribution in [1.82, 2.24) is 9.97 Å². The molecule has 0 radical (unpaired) electrons. The first-order valence-electron chi connectivity index (χ1n) is 8.64. The number of anilines is 2. The number of rotatable bonds is 6. The molecule has 1 N–H and O–H groups in total. The number of alkyl halides is 3. The molecule has 3 rings (SSSR count). The maximum Gasteiger partial charge on any atom is 0.416 e. The van der Waals surface area contributed by atoms with Gasteiger partial charge in [0.25, 0.3) is 0 Å². The van der Waals surface area contributed by atoms with Gasteiger partial charge in [0.15, 0.2) is 0 Å². The van der Waals surface area contributed by atoms with Crippen molar-refractivity contribution < 1.29 is 13.2 Å². The Balaban J connectivity index is 1.81. The molecule has 0 saturated carbocycles. The first-order valence-corrected chi connectivity index (χ1v) is 9.52. The molecule has 0 atom stereocenters. The van der Waals surface area contributed by atoms with Gasteiger partial charge in [-0.05, 0) is 43.3 Å². The summed E-state index contributed by atoms with van der Waals surface area (Å²) in [5.74, 6) is 1.25. The molecule has 0 aliphatic rings. The predicted molar refractivity (Wildman–Crippen MR) is 105 cm³/mol. The minimum Gasteiger partial charge on any atom is -0.368 e. The van der Waals surface area contributed by atoms with Crippen LogP contribution in [0.15, 0.2) is 35.7 Å². The zero-order valence-corrected chi connectivity index (χ0v) is 16.2. The summed E-state index contributed by atoms with van der Waals surface area (Å²) in [7, 11) is 1.92. The summed E-state index contributed by atoms with van der Waals surface area (Å²) in [5.41, 5.74) is 0.514. The van der Waals surface area contributed by atoms with Gasteiger partial charge in [-0.3, -0.25) is 0 Å². The van der Waals surface area contributed by atoms with Crippen molar-refractivity contribution >= 4 is 33.3 Å². The Kier molecular flexibility index (Phi) is 5.55. The fraction of sp³-hybridized carbons (Fsp3) is 0.368. The lowest BCUT2D eigenvalue weighted by Crippen LogP contribution is -2.27. The van der Waals surface area contributed by atoms with Crippen molar-refractivity contribution in [2.75, 3.05) is 23.8 Å². The van der Waals surface area contributed by atoms with Gasteiger partial charge in [0.05, 0.1) is 15.8 Å². The zero-order chi connectivity index (χ0) is 19.6. The minimum absolute atomic E-state index is 0.229. The van der Waals surface area contributed by atoms with Crippen LogP contribution in [0.1, 0.15) is 25.0 Å². The second-order valence-electron chi connectivity index (χ2n) is 6.54. The first kappa shape index (κ1) is 19.4. The van der Waals surface area contributed by atoms with Gasteiger partial charge in [-0.2, -0.15) is 18.2 Å². The van der Waals surface area contributed by atoms with Crippen LogP contribution in [0.5, 0.6) is 0 Å². The number of benzene rings is 1. The quantitative estimate of drug-likeness (QED) is 0.623. The predicted octanol–water partition coefficient (Wildman–Crippen LogP) is 5.21. The third-order valence-corrected chi connectivity index (χ3v) is 5.30. The number of thiophene rings is 1. The van der Waals surface area contributed by atoms with E-state index < -0.39 is 11.7 Å². The van der Waals surface area contributed by atoms with E-state index >= 15 is 0 Å². The maximum atomic E-state index is 13.1. The van der Waals surface area contributed by atoms with Crippen LogP contribution >= 0.6 is 11.3 Å². The highest BCUT2D eigenvalue weighted by Crippen LogP contribution is 2.32. The topological polar surface area (TPSA) is 41.1 Å². The van der Waals surface area contributed by atoms with Crippen molar-refractivity contribution in [3.63, 3.8) is 0 Å². The highest BCUT2D eigenvalue weighted by molar-refractivity contribution is 7.17. The van der Waals surface area contributed by atoms with Crippen molar-refractivity contribution in [1.29, 1.82) is 0 Å². The lowest BCUT2D eigenvalue weighted by Gasteiger charge is -2.22. The molecule has 144 valence electrons. The molecule has 0 spiro atoms. The van der Waals surface area contributed by atoms with Crippen LogP contribution in [0, 0.1) is 0 Å². The van der Waals surface area contributed by atoms with Gasteiger partial charge >= 0.3 is 6.18 Å². The lowest BCUT2D eigenvalue weighted by atomic mass is 10.0. The molecule has 0 bridgehead atoms. The SMILES string of the molecule is CC(C)N(C)c1nc(NCCc2ccccc2C(F)(F)F)c2sccc2n1. The highest BCUT2D eigenvalue weighted by atomic mass is 32.1. The molecular formula is C19H21F3N4S. The van der Waals surface area contributed by atoms with E-state index in [0.717, 1.165) is 16.3 Å². The maximum absolute atomic E-state index is 13.1. The molecule has 2 heterocycles. The van der Waals surface area contributed by atoms with Crippen LogP contribution < -0.4 is 10.2 Å². The minimum atomic E-state index is -4.35. The molecule has 0 unspecified atom stereocenters. The smallest absolute Gasteiger partial charge is 0.368 e. The van der Waals surface area contributed by atoms with E-state index in [2.05, 4.69) is 15.3 Å². The number of halogens is 3. The monoisotopic (exact) mass is 394 g/mol. The molecule has 0 fully saturated rings. The molecule has 27 heavy (non-hydrogen) atoms. The van der Waals surface area contributed by atoms with Gasteiger partial charge in [-0.15, -0.1) is 11.3 Å². The van der Waals surface area contributed by atoms with Crippen LogP contribution in [0.3, 0.4) is 0 Å². The third-order valence-electron chi connectivity index (χ3n) is 4.39. The molecule has 8 heteroatoms. The summed E-state index contributed by atoms with van der Waals surface area (Å²) in [6, 6.07) is 7.82. The summed E-state index contributed by atoms with van der Waals surface area (Å²) in [6.07, 6.45) is -4.10. The highest BCUT2D eigenvalue weighted by Gasteiger charge is 2.32. The van der Waals surface area contributed by atoms with Gasteiger partial charge < -0.3 is 10.2 Å². The number of nitrogens with zero attached hydrogens (tertiary/aromatic N) is 3. The van der Waals surface area contributed by atoms with Crippen molar-refractivity contribution in [2.24, 2.45) is 0 Å². The summed E-state index contributed by atoms with van der Waals surface area (Å²) in [5, 5.41) is 5.13. The van der Waals surface area contributed by atoms with Crippen LogP contribution in [0.2, 0.25) is 0 Å². The number of aromatic nitrogens is 2. The van der Waals surface area contributed by atoms with E-state index in [1.807, 2.05) is 37.2 Å². The summed E-state index contributed by atoms with van der Waals surface area (Å²) in [4.78, 5) is 11.1. The normalized spacial score (nSPS) is 12.0. The molecule has 4 nitrogen and oxygen atoms in total. The van der Waals surface area contributed by atoms with E-state index in [1.165, 1.54) is 23.5 Å². The molecule has 0 aliphatic carbocycles. The molecule has 0 aliphatic heterocycles. The van der Waals surface area contributed by atoms with Crippen LogP contribution in [0.25, 0.3) is 10.2 Å². The zero-order valence-electron chi connectivity index (χ0n) is 15.3. The van der Waals surface area contributed by atoms with Gasteiger partial charge in [0, 0.05) is 19.6 Å². The van der Waals surface area contributed by atoms with Crippen molar-refractivity contribution in [2.45, 2.75) is 32.5 Å². The summed E-state index contributed by atoms with van der Waals surface area (Å²) < 4.78 is 40.3. The molecule has 2 aromatic heterocycles. The van der Waals surface area contributed by atoms with Gasteiger partial charge in [0.2, 0.25) is 5.95 Å².